The summed E-state index contributed by atoms with van der Waals surface area (Å²) in [6.45, 7) is 8.61. The Kier molecular flexibility index (Phi) is 6.21. The highest BCUT2D eigenvalue weighted by Crippen LogP contribution is 2.38. The molecule has 0 radical (unpaired) electrons. The van der Waals surface area contributed by atoms with E-state index in [0.29, 0.717) is 23.7 Å². The van der Waals surface area contributed by atoms with Crippen molar-refractivity contribution in [2.45, 2.75) is 52.5 Å². The van der Waals surface area contributed by atoms with Crippen molar-refractivity contribution < 1.29 is 14.3 Å². The predicted octanol–water partition coefficient (Wildman–Crippen LogP) is 5.08. The molecule has 4 nitrogen and oxygen atoms in total. The van der Waals surface area contributed by atoms with Crippen molar-refractivity contribution in [1.29, 1.82) is 0 Å². The summed E-state index contributed by atoms with van der Waals surface area (Å²) < 4.78 is 5.09. The Morgan fingerprint density at radius 3 is 2.24 bits per heavy atom. The Morgan fingerprint density at radius 1 is 1.07 bits per heavy atom. The van der Waals surface area contributed by atoms with Gasteiger partial charge in [-0.1, -0.05) is 67.9 Å². The SMILES string of the molecule is COC(=O)C1=C(C)N(Cc2ccc(C)cc2)C(=O)C[C@H]1c1ccc(C(C)C)cc1. The standard InChI is InChI=1S/C25H29NO3/c1-16(2)20-10-12-21(13-11-20)22-14-23(27)26(18(4)24(22)25(28)29-5)15-19-8-6-17(3)7-9-19/h6-13,16,22H,14-15H2,1-5H3/t22-/m0/s1. The van der Waals surface area contributed by atoms with E-state index in [4.69, 9.17) is 4.74 Å². The van der Waals surface area contributed by atoms with Crippen LogP contribution in [-0.4, -0.2) is 23.9 Å². The third-order valence-electron chi connectivity index (χ3n) is 5.70. The van der Waals surface area contributed by atoms with E-state index in [2.05, 4.69) is 26.0 Å². The van der Waals surface area contributed by atoms with Crippen molar-refractivity contribution in [2.75, 3.05) is 7.11 Å². The number of ether oxygens (including phenoxy) is 1. The molecule has 1 atom stereocenters. The smallest absolute Gasteiger partial charge is 0.336 e. The zero-order chi connectivity index (χ0) is 21.1. The molecule has 0 aliphatic carbocycles. The Bertz CT molecular complexity index is 924. The summed E-state index contributed by atoms with van der Waals surface area (Å²) in [7, 11) is 1.39. The monoisotopic (exact) mass is 391 g/mol. The van der Waals surface area contributed by atoms with Gasteiger partial charge in [0.25, 0.3) is 0 Å². The number of nitrogens with zero attached hydrogens (tertiary/aromatic N) is 1. The molecule has 1 aliphatic heterocycles. The third-order valence-corrected chi connectivity index (χ3v) is 5.70. The van der Waals surface area contributed by atoms with Crippen molar-refractivity contribution in [2.24, 2.45) is 0 Å². The topological polar surface area (TPSA) is 46.6 Å². The van der Waals surface area contributed by atoms with Gasteiger partial charge in [0, 0.05) is 18.0 Å². The molecule has 3 rings (SSSR count). The quantitative estimate of drug-likeness (QED) is 0.668. The van der Waals surface area contributed by atoms with Gasteiger partial charge in [0.2, 0.25) is 5.91 Å². The molecule has 2 aromatic rings. The maximum Gasteiger partial charge on any atom is 0.336 e. The number of benzene rings is 2. The fraction of sp³-hybridized carbons (Fsp3) is 0.360. The average Bonchev–Trinajstić information content (AvgIpc) is 2.71. The van der Waals surface area contributed by atoms with Gasteiger partial charge in [-0.05, 0) is 36.5 Å². The normalized spacial score (nSPS) is 17.1. The summed E-state index contributed by atoms with van der Waals surface area (Å²) in [5.74, 6) is -0.208. The Morgan fingerprint density at radius 2 is 1.69 bits per heavy atom. The van der Waals surface area contributed by atoms with Crippen molar-refractivity contribution in [3.05, 3.63) is 82.1 Å². The minimum Gasteiger partial charge on any atom is -0.466 e. The van der Waals surface area contributed by atoms with Crippen molar-refractivity contribution >= 4 is 11.9 Å². The van der Waals surface area contributed by atoms with Gasteiger partial charge in [-0.2, -0.15) is 0 Å². The highest BCUT2D eigenvalue weighted by Gasteiger charge is 2.36. The second-order valence-corrected chi connectivity index (χ2v) is 8.03. The van der Waals surface area contributed by atoms with Gasteiger partial charge in [0.1, 0.15) is 0 Å². The highest BCUT2D eigenvalue weighted by molar-refractivity contribution is 5.95. The lowest BCUT2D eigenvalue weighted by molar-refractivity contribution is -0.138. The molecule has 0 fully saturated rings. The number of amides is 1. The molecule has 0 saturated carbocycles. The third kappa shape index (κ3) is 4.42. The average molecular weight is 392 g/mol. The highest BCUT2D eigenvalue weighted by atomic mass is 16.5. The van der Waals surface area contributed by atoms with Crippen LogP contribution in [0.15, 0.2) is 59.8 Å². The summed E-state index contributed by atoms with van der Waals surface area (Å²) in [4.78, 5) is 27.4. The van der Waals surface area contributed by atoms with Crippen molar-refractivity contribution in [3.8, 4) is 0 Å². The molecule has 0 aromatic heterocycles. The number of methoxy groups -OCH3 is 1. The number of esters is 1. The van der Waals surface area contributed by atoms with E-state index in [9.17, 15) is 9.59 Å². The Labute approximate surface area is 173 Å². The van der Waals surface area contributed by atoms with Gasteiger partial charge in [-0.15, -0.1) is 0 Å². The second kappa shape index (κ2) is 8.64. The van der Waals surface area contributed by atoms with Crippen LogP contribution in [0.1, 0.15) is 61.3 Å². The zero-order valence-corrected chi connectivity index (χ0v) is 17.9. The predicted molar refractivity (Wildman–Crippen MR) is 114 cm³/mol. The van der Waals surface area contributed by atoms with Gasteiger partial charge in [-0.3, -0.25) is 4.79 Å². The first-order chi connectivity index (χ1) is 13.8. The molecule has 0 spiro atoms. The molecule has 152 valence electrons. The zero-order valence-electron chi connectivity index (χ0n) is 17.9. The molecule has 2 aromatic carbocycles. The number of aryl methyl sites for hydroxylation is 1. The molecule has 1 aliphatic rings. The van der Waals surface area contributed by atoms with E-state index in [1.54, 1.807) is 4.90 Å². The van der Waals surface area contributed by atoms with E-state index in [1.165, 1.54) is 18.2 Å². The van der Waals surface area contributed by atoms with Gasteiger partial charge >= 0.3 is 5.97 Å². The van der Waals surface area contributed by atoms with Crippen LogP contribution in [0.4, 0.5) is 0 Å². The molecular weight excluding hydrogens is 362 g/mol. The molecule has 0 bridgehead atoms. The van der Waals surface area contributed by atoms with Gasteiger partial charge in [0.05, 0.1) is 19.2 Å². The van der Waals surface area contributed by atoms with E-state index in [1.807, 2.05) is 50.2 Å². The van der Waals surface area contributed by atoms with E-state index in [-0.39, 0.29) is 24.2 Å². The van der Waals surface area contributed by atoms with Crippen molar-refractivity contribution in [1.82, 2.24) is 4.90 Å². The fourth-order valence-electron chi connectivity index (χ4n) is 3.85. The van der Waals surface area contributed by atoms with E-state index in [0.717, 1.165) is 11.1 Å². The van der Waals surface area contributed by atoms with Crippen LogP contribution in [0.3, 0.4) is 0 Å². The first kappa shape index (κ1) is 20.8. The van der Waals surface area contributed by atoms with Crippen LogP contribution in [0.5, 0.6) is 0 Å². The lowest BCUT2D eigenvalue weighted by atomic mass is 9.83. The van der Waals surface area contributed by atoms with Crippen LogP contribution in [0.25, 0.3) is 0 Å². The van der Waals surface area contributed by atoms with Gasteiger partial charge in [-0.25, -0.2) is 4.79 Å². The second-order valence-electron chi connectivity index (χ2n) is 8.03. The summed E-state index contributed by atoms with van der Waals surface area (Å²) in [5, 5.41) is 0. The van der Waals surface area contributed by atoms with Crippen molar-refractivity contribution in [3.63, 3.8) is 0 Å². The number of hydrogen-bond acceptors (Lipinski definition) is 3. The molecule has 0 N–H and O–H groups in total. The first-order valence-corrected chi connectivity index (χ1v) is 10.1. The summed E-state index contributed by atoms with van der Waals surface area (Å²) in [6.07, 6.45) is 0.259. The molecule has 29 heavy (non-hydrogen) atoms. The maximum atomic E-state index is 13.0. The van der Waals surface area contributed by atoms with Crippen LogP contribution in [0, 0.1) is 6.92 Å². The van der Waals surface area contributed by atoms with Crippen LogP contribution in [0.2, 0.25) is 0 Å². The Hall–Kier alpha value is -2.88. The molecule has 0 unspecified atom stereocenters. The number of carbonyl (C=O) groups is 2. The number of carbonyl (C=O) groups excluding carboxylic acids is 2. The first-order valence-electron chi connectivity index (χ1n) is 10.1. The molecule has 1 amide bonds. The summed E-state index contributed by atoms with van der Waals surface area (Å²) in [5.41, 5.74) is 5.65. The van der Waals surface area contributed by atoms with E-state index < -0.39 is 0 Å². The summed E-state index contributed by atoms with van der Waals surface area (Å²) >= 11 is 0. The Balaban J connectivity index is 1.98. The lowest BCUT2D eigenvalue weighted by Gasteiger charge is -2.34. The number of rotatable bonds is 5. The van der Waals surface area contributed by atoms with Crippen LogP contribution >= 0.6 is 0 Å². The minimum atomic E-state index is -0.373. The van der Waals surface area contributed by atoms with E-state index >= 15 is 0 Å². The van der Waals surface area contributed by atoms with Gasteiger partial charge < -0.3 is 9.64 Å². The lowest BCUT2D eigenvalue weighted by Crippen LogP contribution is -2.37. The maximum absolute atomic E-state index is 13.0. The summed E-state index contributed by atoms with van der Waals surface area (Å²) in [6, 6.07) is 16.3. The largest absolute Gasteiger partial charge is 0.466 e. The number of allylic oxidation sites excluding steroid dienone is 1. The molecule has 0 saturated heterocycles. The van der Waals surface area contributed by atoms with Gasteiger partial charge in [0.15, 0.2) is 0 Å². The van der Waals surface area contributed by atoms with Crippen LogP contribution in [-0.2, 0) is 20.9 Å². The molecule has 1 heterocycles. The number of hydrogen-bond donors (Lipinski definition) is 0. The molecular formula is C25H29NO3. The fourth-order valence-corrected chi connectivity index (χ4v) is 3.85. The van der Waals surface area contributed by atoms with Crippen LogP contribution < -0.4 is 0 Å². The minimum absolute atomic E-state index is 0.0219. The molecule has 4 heteroatoms.